The zero-order valence-corrected chi connectivity index (χ0v) is 9.94. The molecule has 8 heteroatoms. The summed E-state index contributed by atoms with van der Waals surface area (Å²) in [4.78, 5) is 14.8. The van der Waals surface area contributed by atoms with Gasteiger partial charge < -0.3 is 10.4 Å². The van der Waals surface area contributed by atoms with Gasteiger partial charge in [-0.05, 0) is 16.8 Å². The van der Waals surface area contributed by atoms with Crippen LogP contribution in [0.2, 0.25) is 0 Å². The smallest absolute Gasteiger partial charge is 0.305 e. The second-order valence-corrected chi connectivity index (χ2v) is 3.97. The van der Waals surface area contributed by atoms with E-state index in [1.807, 2.05) is 6.92 Å². The number of tetrazole rings is 1. The number of aromatic nitrogens is 5. The molecule has 0 spiro atoms. The highest BCUT2D eigenvalue weighted by Gasteiger charge is 2.14. The monoisotopic (exact) mass is 250 g/mol. The number of hydrogen-bond donors (Lipinski definition) is 2. The number of fused-ring (bicyclic) bond motifs is 1. The topological polar surface area (TPSA) is 105 Å². The van der Waals surface area contributed by atoms with E-state index in [0.717, 1.165) is 12.8 Å². The van der Waals surface area contributed by atoms with Crippen molar-refractivity contribution in [3.63, 3.8) is 0 Å². The van der Waals surface area contributed by atoms with Crippen LogP contribution in [0.15, 0.2) is 12.4 Å². The molecule has 0 saturated carbocycles. The van der Waals surface area contributed by atoms with E-state index in [-0.39, 0.29) is 12.5 Å². The fourth-order valence-electron chi connectivity index (χ4n) is 1.77. The number of nitrogens with one attached hydrogen (secondary N) is 1. The van der Waals surface area contributed by atoms with Gasteiger partial charge in [-0.1, -0.05) is 13.3 Å². The molecule has 2 rings (SSSR count). The van der Waals surface area contributed by atoms with Crippen LogP contribution >= 0.6 is 0 Å². The number of rotatable bonds is 6. The summed E-state index contributed by atoms with van der Waals surface area (Å²) in [5, 5.41) is 23.1. The quantitative estimate of drug-likeness (QED) is 0.772. The fraction of sp³-hybridized carbons (Fsp3) is 0.500. The Morgan fingerprint density at radius 3 is 3.11 bits per heavy atom. The molecular formula is C10H14N6O2. The van der Waals surface area contributed by atoms with Gasteiger partial charge in [0.15, 0.2) is 11.5 Å². The molecule has 0 radical (unpaired) electrons. The van der Waals surface area contributed by atoms with E-state index in [1.165, 1.54) is 10.7 Å². The van der Waals surface area contributed by atoms with Crippen LogP contribution in [0.3, 0.4) is 0 Å². The summed E-state index contributed by atoms with van der Waals surface area (Å²) < 4.78 is 1.50. The van der Waals surface area contributed by atoms with E-state index in [9.17, 15) is 4.79 Å². The lowest BCUT2D eigenvalue weighted by Gasteiger charge is -2.17. The van der Waals surface area contributed by atoms with E-state index in [4.69, 9.17) is 5.11 Å². The first-order valence-electron chi connectivity index (χ1n) is 5.71. The molecule has 1 unspecified atom stereocenters. The predicted molar refractivity (Wildman–Crippen MR) is 63.1 cm³/mol. The van der Waals surface area contributed by atoms with E-state index in [2.05, 4.69) is 25.8 Å². The van der Waals surface area contributed by atoms with Gasteiger partial charge in [0.2, 0.25) is 0 Å². The van der Waals surface area contributed by atoms with Crippen LogP contribution in [0.4, 0.5) is 5.82 Å². The Hall–Kier alpha value is -2.25. The van der Waals surface area contributed by atoms with E-state index in [0.29, 0.717) is 11.5 Å². The number of nitrogens with zero attached hydrogens (tertiary/aromatic N) is 5. The summed E-state index contributed by atoms with van der Waals surface area (Å²) >= 11 is 0. The second kappa shape index (κ2) is 5.39. The normalized spacial score (nSPS) is 12.5. The van der Waals surface area contributed by atoms with Crippen molar-refractivity contribution in [2.24, 2.45) is 0 Å². The maximum Gasteiger partial charge on any atom is 0.305 e. The Balaban J connectivity index is 2.19. The van der Waals surface area contributed by atoms with Gasteiger partial charge in [-0.25, -0.2) is 0 Å². The fourth-order valence-corrected chi connectivity index (χ4v) is 1.77. The second-order valence-electron chi connectivity index (χ2n) is 3.97. The lowest BCUT2D eigenvalue weighted by molar-refractivity contribution is -0.137. The minimum atomic E-state index is -0.835. The number of carboxylic acids is 1. The van der Waals surface area contributed by atoms with Crippen LogP contribution in [-0.2, 0) is 4.79 Å². The zero-order valence-electron chi connectivity index (χ0n) is 9.94. The molecule has 1 atom stereocenters. The molecule has 2 aromatic heterocycles. The molecule has 0 aliphatic heterocycles. The summed E-state index contributed by atoms with van der Waals surface area (Å²) in [7, 11) is 0. The Bertz CT molecular complexity index is 540. The lowest BCUT2D eigenvalue weighted by atomic mass is 10.1. The van der Waals surface area contributed by atoms with Crippen molar-refractivity contribution in [1.29, 1.82) is 0 Å². The summed E-state index contributed by atoms with van der Waals surface area (Å²) in [5.74, 6) is -0.241. The highest BCUT2D eigenvalue weighted by Crippen LogP contribution is 2.12. The van der Waals surface area contributed by atoms with Gasteiger partial charge in [0, 0.05) is 6.04 Å². The highest BCUT2D eigenvalue weighted by atomic mass is 16.4. The van der Waals surface area contributed by atoms with Crippen molar-refractivity contribution in [3.8, 4) is 0 Å². The molecule has 0 aliphatic carbocycles. The van der Waals surface area contributed by atoms with Gasteiger partial charge in [-0.3, -0.25) is 9.78 Å². The first kappa shape index (κ1) is 12.2. The third kappa shape index (κ3) is 2.70. The predicted octanol–water partition coefficient (Wildman–Crippen LogP) is 0.575. The van der Waals surface area contributed by atoms with Crippen molar-refractivity contribution in [1.82, 2.24) is 25.0 Å². The molecular weight excluding hydrogens is 236 g/mol. The van der Waals surface area contributed by atoms with Crippen LogP contribution < -0.4 is 5.32 Å². The number of carboxylic acid groups (broad SMARTS) is 1. The Morgan fingerprint density at radius 2 is 2.39 bits per heavy atom. The van der Waals surface area contributed by atoms with E-state index >= 15 is 0 Å². The van der Waals surface area contributed by atoms with Crippen molar-refractivity contribution in [3.05, 3.63) is 12.4 Å². The zero-order chi connectivity index (χ0) is 13.0. The Kier molecular flexibility index (Phi) is 3.66. The van der Waals surface area contributed by atoms with Crippen LogP contribution in [-0.4, -0.2) is 42.1 Å². The van der Waals surface area contributed by atoms with Crippen LogP contribution in [0.5, 0.6) is 0 Å². The molecule has 18 heavy (non-hydrogen) atoms. The number of anilines is 1. The van der Waals surface area contributed by atoms with Gasteiger partial charge >= 0.3 is 5.97 Å². The summed E-state index contributed by atoms with van der Waals surface area (Å²) in [6.45, 7) is 2.01. The number of aliphatic carboxylic acids is 1. The molecule has 0 fully saturated rings. The summed E-state index contributed by atoms with van der Waals surface area (Å²) in [6.07, 6.45) is 4.81. The molecule has 2 heterocycles. The largest absolute Gasteiger partial charge is 0.481 e. The number of carbonyl (C=O) groups is 1. The molecule has 2 N–H and O–H groups in total. The highest BCUT2D eigenvalue weighted by molar-refractivity contribution is 5.68. The Labute approximate surface area is 103 Å². The van der Waals surface area contributed by atoms with E-state index in [1.54, 1.807) is 6.20 Å². The lowest BCUT2D eigenvalue weighted by Crippen LogP contribution is -2.24. The van der Waals surface area contributed by atoms with Gasteiger partial charge in [-0.15, -0.1) is 5.10 Å². The third-order valence-corrected chi connectivity index (χ3v) is 2.52. The van der Waals surface area contributed by atoms with Crippen LogP contribution in [0, 0.1) is 0 Å². The van der Waals surface area contributed by atoms with Gasteiger partial charge in [-0.2, -0.15) is 4.52 Å². The minimum Gasteiger partial charge on any atom is -0.481 e. The SMILES string of the molecule is CCCC(CC(=O)O)Nc1cncc2nnnn12. The van der Waals surface area contributed by atoms with Crippen molar-refractivity contribution < 1.29 is 9.90 Å². The summed E-state index contributed by atoms with van der Waals surface area (Å²) in [6, 6.07) is -0.163. The van der Waals surface area contributed by atoms with Gasteiger partial charge in [0.1, 0.15) is 0 Å². The molecule has 2 aromatic rings. The average Bonchev–Trinajstić information content (AvgIpc) is 2.77. The maximum absolute atomic E-state index is 10.8. The first-order chi connectivity index (χ1) is 8.70. The molecule has 0 aliphatic rings. The third-order valence-electron chi connectivity index (χ3n) is 2.52. The molecule has 0 amide bonds. The van der Waals surface area contributed by atoms with Gasteiger partial charge in [0.05, 0.1) is 18.8 Å². The van der Waals surface area contributed by atoms with Crippen LogP contribution in [0.25, 0.3) is 5.65 Å². The molecule has 8 nitrogen and oxygen atoms in total. The molecule has 0 aromatic carbocycles. The average molecular weight is 250 g/mol. The first-order valence-corrected chi connectivity index (χ1v) is 5.71. The van der Waals surface area contributed by atoms with Crippen molar-refractivity contribution >= 4 is 17.4 Å². The van der Waals surface area contributed by atoms with Gasteiger partial charge in [0.25, 0.3) is 0 Å². The molecule has 0 bridgehead atoms. The van der Waals surface area contributed by atoms with Crippen molar-refractivity contribution in [2.75, 3.05) is 5.32 Å². The standard InChI is InChI=1S/C10H14N6O2/c1-2-3-7(4-10(17)18)12-8-5-11-6-9-13-14-15-16(8)9/h5-7,12H,2-4H2,1H3,(H,17,18). The van der Waals surface area contributed by atoms with Crippen LogP contribution in [0.1, 0.15) is 26.2 Å². The summed E-state index contributed by atoms with van der Waals surface area (Å²) in [5.41, 5.74) is 0.519. The maximum atomic E-state index is 10.8. The van der Waals surface area contributed by atoms with E-state index < -0.39 is 5.97 Å². The number of hydrogen-bond acceptors (Lipinski definition) is 6. The molecule has 0 saturated heterocycles. The Morgan fingerprint density at radius 1 is 1.56 bits per heavy atom. The van der Waals surface area contributed by atoms with Crippen molar-refractivity contribution in [2.45, 2.75) is 32.2 Å². The molecule has 96 valence electrons. The minimum absolute atomic E-state index is 0.0480.